The van der Waals surface area contributed by atoms with Crippen molar-refractivity contribution < 1.29 is 4.39 Å². The molecule has 0 aromatic heterocycles. The van der Waals surface area contributed by atoms with E-state index < -0.39 is 0 Å². The first kappa shape index (κ1) is 11.7. The molecule has 2 rings (SSSR count). The van der Waals surface area contributed by atoms with Crippen molar-refractivity contribution in [2.45, 2.75) is 19.4 Å². The molecule has 1 saturated heterocycles. The Morgan fingerprint density at radius 1 is 1.44 bits per heavy atom. The molecule has 1 heterocycles. The molecule has 0 bridgehead atoms. The van der Waals surface area contributed by atoms with Crippen LogP contribution in [-0.2, 0) is 0 Å². The highest BCUT2D eigenvalue weighted by molar-refractivity contribution is 6.30. The van der Waals surface area contributed by atoms with Crippen LogP contribution in [0.5, 0.6) is 0 Å². The monoisotopic (exact) mass is 242 g/mol. The predicted molar refractivity (Wildman–Crippen MR) is 65.7 cm³/mol. The molecule has 88 valence electrons. The Morgan fingerprint density at radius 2 is 2.25 bits per heavy atom. The minimum Gasteiger partial charge on any atom is -0.370 e. The number of rotatable bonds is 1. The number of hydrogen-bond acceptors (Lipinski definition) is 2. The van der Waals surface area contributed by atoms with Crippen LogP contribution in [-0.4, -0.2) is 25.7 Å². The van der Waals surface area contributed by atoms with Gasteiger partial charge in [0.05, 0.1) is 0 Å². The second-order valence-corrected chi connectivity index (χ2v) is 4.72. The van der Waals surface area contributed by atoms with E-state index >= 15 is 0 Å². The molecule has 0 saturated carbocycles. The van der Waals surface area contributed by atoms with Crippen molar-refractivity contribution in [3.05, 3.63) is 29.0 Å². The standard InChI is InChI=1S/C12H16ClFN2/c1-9-8-16(4-2-3-15-9)12-6-10(13)5-11(14)7-12/h5-7,9,15H,2-4,8H2,1H3. The van der Waals surface area contributed by atoms with Crippen LogP contribution in [0, 0.1) is 5.82 Å². The lowest BCUT2D eigenvalue weighted by atomic mass is 10.2. The topological polar surface area (TPSA) is 15.3 Å². The van der Waals surface area contributed by atoms with Crippen LogP contribution in [0.25, 0.3) is 0 Å². The van der Waals surface area contributed by atoms with Gasteiger partial charge in [-0.25, -0.2) is 4.39 Å². The fourth-order valence-electron chi connectivity index (χ4n) is 2.06. The molecule has 1 aliphatic rings. The molecule has 0 amide bonds. The van der Waals surface area contributed by atoms with E-state index in [0.29, 0.717) is 11.1 Å². The first-order valence-corrected chi connectivity index (χ1v) is 5.97. The van der Waals surface area contributed by atoms with E-state index in [4.69, 9.17) is 11.6 Å². The highest BCUT2D eigenvalue weighted by Gasteiger charge is 2.15. The van der Waals surface area contributed by atoms with Crippen LogP contribution in [0.15, 0.2) is 18.2 Å². The molecule has 1 aliphatic heterocycles. The number of hydrogen-bond donors (Lipinski definition) is 1. The highest BCUT2D eigenvalue weighted by atomic mass is 35.5. The van der Waals surface area contributed by atoms with Gasteiger partial charge < -0.3 is 10.2 Å². The first-order valence-electron chi connectivity index (χ1n) is 5.59. The van der Waals surface area contributed by atoms with Crippen LogP contribution in [0.3, 0.4) is 0 Å². The summed E-state index contributed by atoms with van der Waals surface area (Å²) in [5.41, 5.74) is 0.876. The number of halogens is 2. The number of anilines is 1. The molecule has 1 atom stereocenters. The third-order valence-electron chi connectivity index (χ3n) is 2.80. The summed E-state index contributed by atoms with van der Waals surface area (Å²) in [5.74, 6) is -0.271. The summed E-state index contributed by atoms with van der Waals surface area (Å²) in [4.78, 5) is 2.18. The van der Waals surface area contributed by atoms with Crippen LogP contribution in [0.2, 0.25) is 5.02 Å². The fourth-order valence-corrected chi connectivity index (χ4v) is 2.28. The van der Waals surface area contributed by atoms with Crippen molar-refractivity contribution in [1.29, 1.82) is 0 Å². The zero-order chi connectivity index (χ0) is 11.5. The van der Waals surface area contributed by atoms with Gasteiger partial charge in [-0.1, -0.05) is 11.6 Å². The maximum absolute atomic E-state index is 13.3. The summed E-state index contributed by atoms with van der Waals surface area (Å²) in [6.07, 6.45) is 1.07. The molecule has 2 nitrogen and oxygen atoms in total. The second kappa shape index (κ2) is 5.02. The SMILES string of the molecule is CC1CN(c2cc(F)cc(Cl)c2)CCCN1. The Labute approximate surface area is 100 Å². The summed E-state index contributed by atoms with van der Waals surface area (Å²) >= 11 is 5.86. The van der Waals surface area contributed by atoms with Crippen molar-refractivity contribution in [2.75, 3.05) is 24.5 Å². The van der Waals surface area contributed by atoms with E-state index in [-0.39, 0.29) is 5.82 Å². The largest absolute Gasteiger partial charge is 0.370 e. The van der Waals surface area contributed by atoms with Crippen molar-refractivity contribution in [3.8, 4) is 0 Å². The summed E-state index contributed by atoms with van der Waals surface area (Å²) < 4.78 is 13.3. The fraction of sp³-hybridized carbons (Fsp3) is 0.500. The third kappa shape index (κ3) is 2.86. The van der Waals surface area contributed by atoms with Gasteiger partial charge in [0.2, 0.25) is 0 Å². The molecular weight excluding hydrogens is 227 g/mol. The molecule has 1 unspecified atom stereocenters. The van der Waals surface area contributed by atoms with Gasteiger partial charge in [0.1, 0.15) is 5.82 Å². The van der Waals surface area contributed by atoms with Crippen LogP contribution in [0.1, 0.15) is 13.3 Å². The van der Waals surface area contributed by atoms with Crippen molar-refractivity contribution in [3.63, 3.8) is 0 Å². The van der Waals surface area contributed by atoms with Crippen LogP contribution < -0.4 is 10.2 Å². The third-order valence-corrected chi connectivity index (χ3v) is 3.02. The van der Waals surface area contributed by atoms with Crippen LogP contribution >= 0.6 is 11.6 Å². The molecule has 16 heavy (non-hydrogen) atoms. The lowest BCUT2D eigenvalue weighted by molar-refractivity contribution is 0.584. The highest BCUT2D eigenvalue weighted by Crippen LogP contribution is 2.22. The van der Waals surface area contributed by atoms with E-state index in [2.05, 4.69) is 17.1 Å². The average molecular weight is 243 g/mol. The summed E-state index contributed by atoms with van der Waals surface area (Å²) in [6, 6.07) is 5.13. The molecule has 1 fully saturated rings. The maximum atomic E-state index is 13.3. The molecule has 1 aromatic carbocycles. The lowest BCUT2D eigenvalue weighted by Crippen LogP contribution is -2.35. The molecule has 1 aromatic rings. The minimum atomic E-state index is -0.271. The Balaban J connectivity index is 2.21. The van der Waals surface area contributed by atoms with Gasteiger partial charge in [0, 0.05) is 29.8 Å². The molecule has 0 spiro atoms. The van der Waals surface area contributed by atoms with Gasteiger partial charge >= 0.3 is 0 Å². The quantitative estimate of drug-likeness (QED) is 0.815. The zero-order valence-corrected chi connectivity index (χ0v) is 10.1. The second-order valence-electron chi connectivity index (χ2n) is 4.28. The normalized spacial score (nSPS) is 21.9. The molecule has 0 radical (unpaired) electrons. The van der Waals surface area contributed by atoms with Gasteiger partial charge in [-0.2, -0.15) is 0 Å². The molecule has 0 aliphatic carbocycles. The number of nitrogens with zero attached hydrogens (tertiary/aromatic N) is 1. The smallest absolute Gasteiger partial charge is 0.126 e. The molecule has 1 N–H and O–H groups in total. The summed E-state index contributed by atoms with van der Waals surface area (Å²) in [7, 11) is 0. The lowest BCUT2D eigenvalue weighted by Gasteiger charge is -2.25. The molecular formula is C12H16ClFN2. The Hall–Kier alpha value is -0.800. The van der Waals surface area contributed by atoms with E-state index in [1.54, 1.807) is 6.07 Å². The first-order chi connectivity index (χ1) is 7.65. The number of nitrogens with one attached hydrogen (secondary N) is 1. The zero-order valence-electron chi connectivity index (χ0n) is 9.34. The van der Waals surface area contributed by atoms with Gasteiger partial charge in [-0.15, -0.1) is 0 Å². The summed E-state index contributed by atoms with van der Waals surface area (Å²) in [6.45, 7) is 4.98. The molecule has 4 heteroatoms. The van der Waals surface area contributed by atoms with E-state index in [1.165, 1.54) is 6.07 Å². The van der Waals surface area contributed by atoms with Gasteiger partial charge in [-0.05, 0) is 38.1 Å². The summed E-state index contributed by atoms with van der Waals surface area (Å²) in [5, 5.41) is 3.86. The Kier molecular flexibility index (Phi) is 3.66. The van der Waals surface area contributed by atoms with E-state index in [0.717, 1.165) is 31.7 Å². The average Bonchev–Trinajstić information content (AvgIpc) is 2.41. The number of benzene rings is 1. The Morgan fingerprint density at radius 3 is 3.00 bits per heavy atom. The van der Waals surface area contributed by atoms with Gasteiger partial charge in [0.25, 0.3) is 0 Å². The van der Waals surface area contributed by atoms with E-state index in [1.807, 2.05) is 6.07 Å². The Bertz CT molecular complexity index is 350. The van der Waals surface area contributed by atoms with Crippen molar-refractivity contribution in [1.82, 2.24) is 5.32 Å². The van der Waals surface area contributed by atoms with Gasteiger partial charge in [0.15, 0.2) is 0 Å². The maximum Gasteiger partial charge on any atom is 0.126 e. The van der Waals surface area contributed by atoms with E-state index in [9.17, 15) is 4.39 Å². The van der Waals surface area contributed by atoms with Crippen LogP contribution in [0.4, 0.5) is 10.1 Å². The predicted octanol–water partition coefficient (Wildman–Crippen LogP) is 2.67. The van der Waals surface area contributed by atoms with Gasteiger partial charge in [-0.3, -0.25) is 0 Å². The van der Waals surface area contributed by atoms with Crippen molar-refractivity contribution >= 4 is 17.3 Å². The minimum absolute atomic E-state index is 0.271. The van der Waals surface area contributed by atoms with Crippen molar-refractivity contribution in [2.24, 2.45) is 0 Å².